The normalized spacial score (nSPS) is 20.0. The van der Waals surface area contributed by atoms with Gasteiger partial charge in [-0.05, 0) is 56.9 Å². The molecular weight excluding hydrogens is 508 g/mol. The molecule has 4 unspecified atom stereocenters. The first-order valence-electron chi connectivity index (χ1n) is 12.0. The van der Waals surface area contributed by atoms with Crippen LogP contribution in [0.25, 0.3) is 0 Å². The van der Waals surface area contributed by atoms with E-state index in [1.165, 1.54) is 0 Å². The Kier molecular flexibility index (Phi) is 12.7. The van der Waals surface area contributed by atoms with Crippen LogP contribution in [0.4, 0.5) is 4.79 Å². The second-order valence-corrected chi connectivity index (χ2v) is 9.73. The standard InChI is InChI=1S/C16H22N2O5.C8H16N2O3.ClH/c17-14(20)13(19)12(9-16(22)7-4-8-16)18-15(21)23-10-11-5-2-1-3-6-11;9-5(6(11)7(10)12)4-8(13)2-1-3-8;/h1-3,5-6,12-13,19,22H,4,7-10H2,(H2,17,20)(H,18,21);5-6,11,13H,1-4,9H2,(H2,10,12);1H. The molecule has 0 bridgehead atoms. The van der Waals surface area contributed by atoms with Gasteiger partial charge in [-0.15, -0.1) is 12.4 Å². The highest BCUT2D eigenvalue weighted by molar-refractivity contribution is 5.85. The minimum absolute atomic E-state index is 0. The number of hydrogen-bond donors (Lipinski definition) is 8. The number of amides is 3. The van der Waals surface area contributed by atoms with Gasteiger partial charge in [-0.1, -0.05) is 30.3 Å². The van der Waals surface area contributed by atoms with Gasteiger partial charge in [0.05, 0.1) is 17.2 Å². The molecule has 4 atom stereocenters. The molecule has 1 aromatic carbocycles. The first-order chi connectivity index (χ1) is 16.8. The Morgan fingerprint density at radius 1 is 0.892 bits per heavy atom. The van der Waals surface area contributed by atoms with Crippen LogP contribution in [0.2, 0.25) is 0 Å². The summed E-state index contributed by atoms with van der Waals surface area (Å²) in [6, 6.07) is 7.36. The number of benzene rings is 1. The molecule has 2 aliphatic carbocycles. The van der Waals surface area contributed by atoms with Gasteiger partial charge in [-0.3, -0.25) is 9.59 Å². The van der Waals surface area contributed by atoms with Gasteiger partial charge in [-0.25, -0.2) is 4.79 Å². The number of carbonyl (C=O) groups excluding carboxylic acids is 3. The van der Waals surface area contributed by atoms with E-state index in [0.717, 1.165) is 18.4 Å². The van der Waals surface area contributed by atoms with E-state index in [0.29, 0.717) is 25.7 Å². The Labute approximate surface area is 221 Å². The fourth-order valence-electron chi connectivity index (χ4n) is 4.10. The van der Waals surface area contributed by atoms with E-state index < -0.39 is 53.4 Å². The number of rotatable bonds is 11. The largest absolute Gasteiger partial charge is 0.445 e. The quantitative estimate of drug-likeness (QED) is 0.175. The summed E-state index contributed by atoms with van der Waals surface area (Å²) in [4.78, 5) is 33.6. The van der Waals surface area contributed by atoms with Gasteiger partial charge in [-0.2, -0.15) is 0 Å². The molecule has 0 aromatic heterocycles. The van der Waals surface area contributed by atoms with Crippen LogP contribution < -0.4 is 22.5 Å². The van der Waals surface area contributed by atoms with E-state index in [2.05, 4.69) is 5.32 Å². The van der Waals surface area contributed by atoms with Crippen LogP contribution in [0.5, 0.6) is 0 Å². The Bertz CT molecular complexity index is 883. The molecule has 0 radical (unpaired) electrons. The summed E-state index contributed by atoms with van der Waals surface area (Å²) in [5.74, 6) is -1.79. The lowest BCUT2D eigenvalue weighted by atomic mass is 9.75. The molecule has 2 fully saturated rings. The van der Waals surface area contributed by atoms with Crippen molar-refractivity contribution < 1.29 is 39.5 Å². The molecule has 0 aliphatic heterocycles. The average Bonchev–Trinajstić information content (AvgIpc) is 2.80. The molecule has 11 N–H and O–H groups in total. The van der Waals surface area contributed by atoms with Crippen molar-refractivity contribution in [2.24, 2.45) is 17.2 Å². The number of primary amides is 2. The Balaban J connectivity index is 0.000000417. The summed E-state index contributed by atoms with van der Waals surface area (Å²) in [5.41, 5.74) is 14.5. The minimum atomic E-state index is -1.58. The van der Waals surface area contributed by atoms with Crippen molar-refractivity contribution >= 4 is 30.3 Å². The second-order valence-electron chi connectivity index (χ2n) is 9.73. The predicted octanol–water partition coefficient (Wildman–Crippen LogP) is -0.680. The zero-order valence-corrected chi connectivity index (χ0v) is 21.4. The van der Waals surface area contributed by atoms with E-state index in [9.17, 15) is 29.7 Å². The van der Waals surface area contributed by atoms with Crippen LogP contribution in [-0.4, -0.2) is 73.8 Å². The predicted molar refractivity (Wildman–Crippen MR) is 136 cm³/mol. The van der Waals surface area contributed by atoms with Gasteiger partial charge in [0.2, 0.25) is 11.8 Å². The first kappa shape index (κ1) is 32.5. The maximum absolute atomic E-state index is 11.9. The van der Waals surface area contributed by atoms with E-state index >= 15 is 0 Å². The molecule has 210 valence electrons. The number of ether oxygens (including phenoxy) is 1. The molecule has 3 rings (SSSR count). The summed E-state index contributed by atoms with van der Waals surface area (Å²) in [7, 11) is 0. The number of aliphatic hydroxyl groups is 4. The van der Waals surface area contributed by atoms with Crippen LogP contribution in [0, 0.1) is 0 Å². The lowest BCUT2D eigenvalue weighted by Crippen LogP contribution is -2.54. The number of aliphatic hydroxyl groups excluding tert-OH is 2. The lowest BCUT2D eigenvalue weighted by Gasteiger charge is -2.39. The molecule has 0 spiro atoms. The summed E-state index contributed by atoms with van der Waals surface area (Å²) < 4.78 is 5.06. The fourth-order valence-corrected chi connectivity index (χ4v) is 4.10. The van der Waals surface area contributed by atoms with Crippen LogP contribution in [0.1, 0.15) is 56.9 Å². The lowest BCUT2D eigenvalue weighted by molar-refractivity contribution is -0.129. The van der Waals surface area contributed by atoms with Crippen molar-refractivity contribution in [2.75, 3.05) is 0 Å². The zero-order chi connectivity index (χ0) is 26.9. The summed E-state index contributed by atoms with van der Waals surface area (Å²) in [6.45, 7) is 0.0658. The molecule has 0 heterocycles. The second kappa shape index (κ2) is 14.5. The van der Waals surface area contributed by atoms with Gasteiger partial charge in [0.25, 0.3) is 0 Å². The van der Waals surface area contributed by atoms with Crippen LogP contribution in [0.15, 0.2) is 30.3 Å². The summed E-state index contributed by atoms with van der Waals surface area (Å²) in [5, 5.41) is 41.3. The van der Waals surface area contributed by atoms with Gasteiger partial charge in [0.15, 0.2) is 6.10 Å². The number of halogens is 1. The SMILES string of the molecule is Cl.NC(=O)C(O)C(CC1(O)CCC1)NC(=O)OCc1ccccc1.NC(=O)C(O)C(N)CC1(O)CCC1. The Hall–Kier alpha value is -2.48. The highest BCUT2D eigenvalue weighted by Gasteiger charge is 2.40. The number of hydrogen-bond acceptors (Lipinski definition) is 9. The van der Waals surface area contributed by atoms with E-state index in [1.807, 2.05) is 18.2 Å². The van der Waals surface area contributed by atoms with Crippen molar-refractivity contribution in [1.29, 1.82) is 0 Å². The van der Waals surface area contributed by atoms with Gasteiger partial charge >= 0.3 is 6.09 Å². The topological polar surface area (TPSA) is 231 Å². The smallest absolute Gasteiger partial charge is 0.407 e. The molecule has 3 amide bonds. The van der Waals surface area contributed by atoms with Crippen LogP contribution >= 0.6 is 12.4 Å². The van der Waals surface area contributed by atoms with Gasteiger partial charge in [0, 0.05) is 6.04 Å². The summed E-state index contributed by atoms with van der Waals surface area (Å²) in [6.07, 6.45) is 0.915. The molecular formula is C24H39ClN4O8. The fraction of sp³-hybridized carbons (Fsp3) is 0.625. The number of alkyl carbamates (subject to hydrolysis) is 1. The number of nitrogens with two attached hydrogens (primary N) is 3. The first-order valence-corrected chi connectivity index (χ1v) is 12.0. The number of carbonyl (C=O) groups is 3. The highest BCUT2D eigenvalue weighted by Crippen LogP contribution is 2.36. The third-order valence-corrected chi connectivity index (χ3v) is 6.67. The van der Waals surface area contributed by atoms with Gasteiger partial charge < -0.3 is 47.7 Å². The average molecular weight is 547 g/mol. The van der Waals surface area contributed by atoms with Crippen molar-refractivity contribution in [3.63, 3.8) is 0 Å². The molecule has 12 nitrogen and oxygen atoms in total. The zero-order valence-electron chi connectivity index (χ0n) is 20.6. The molecule has 0 saturated heterocycles. The third-order valence-electron chi connectivity index (χ3n) is 6.67. The van der Waals surface area contributed by atoms with Crippen molar-refractivity contribution in [3.8, 4) is 0 Å². The minimum Gasteiger partial charge on any atom is -0.445 e. The maximum Gasteiger partial charge on any atom is 0.407 e. The van der Waals surface area contributed by atoms with Crippen molar-refractivity contribution in [1.82, 2.24) is 5.32 Å². The van der Waals surface area contributed by atoms with E-state index in [1.54, 1.807) is 12.1 Å². The number of nitrogens with one attached hydrogen (secondary N) is 1. The monoisotopic (exact) mass is 546 g/mol. The molecule has 1 aromatic rings. The molecule has 2 saturated carbocycles. The molecule has 2 aliphatic rings. The van der Waals surface area contributed by atoms with Crippen LogP contribution in [-0.2, 0) is 20.9 Å². The van der Waals surface area contributed by atoms with Crippen molar-refractivity contribution in [2.45, 2.75) is 93.5 Å². The third kappa shape index (κ3) is 10.4. The van der Waals surface area contributed by atoms with E-state index in [4.69, 9.17) is 27.0 Å². The van der Waals surface area contributed by atoms with Gasteiger partial charge in [0.1, 0.15) is 12.7 Å². The van der Waals surface area contributed by atoms with E-state index in [-0.39, 0.29) is 31.9 Å². The Morgan fingerprint density at radius 2 is 1.38 bits per heavy atom. The van der Waals surface area contributed by atoms with Crippen molar-refractivity contribution in [3.05, 3.63) is 35.9 Å². The maximum atomic E-state index is 11.9. The summed E-state index contributed by atoms with van der Waals surface area (Å²) >= 11 is 0. The van der Waals surface area contributed by atoms with Crippen LogP contribution in [0.3, 0.4) is 0 Å². The molecule has 13 heteroatoms. The Morgan fingerprint density at radius 3 is 1.81 bits per heavy atom. The molecule has 37 heavy (non-hydrogen) atoms. The highest BCUT2D eigenvalue weighted by atomic mass is 35.5.